The molecule has 0 bridgehead atoms. The molecule has 1 aliphatic carbocycles. The van der Waals surface area contributed by atoms with Crippen LogP contribution in [0.3, 0.4) is 0 Å². The van der Waals surface area contributed by atoms with Gasteiger partial charge in [0.1, 0.15) is 10.6 Å². The zero-order valence-corrected chi connectivity index (χ0v) is 16.2. The number of aromatic nitrogens is 4. The molecule has 0 spiro atoms. The fraction of sp³-hybridized carbons (Fsp3) is 0.529. The molecule has 0 saturated heterocycles. The molecule has 1 unspecified atom stereocenters. The molecule has 25 heavy (non-hydrogen) atoms. The predicted octanol–water partition coefficient (Wildman–Crippen LogP) is 4.20. The maximum absolute atomic E-state index is 6.26. The Morgan fingerprint density at radius 3 is 2.92 bits per heavy atom. The Bertz CT molecular complexity index is 917. The molecule has 3 aromatic rings. The van der Waals surface area contributed by atoms with Crippen molar-refractivity contribution in [2.75, 3.05) is 5.73 Å². The molecule has 3 heterocycles. The minimum atomic E-state index is 0.255. The molecular weight excluding hydrogens is 354 g/mol. The van der Waals surface area contributed by atoms with Gasteiger partial charge in [0.25, 0.3) is 0 Å². The number of anilines is 1. The van der Waals surface area contributed by atoms with Crippen molar-refractivity contribution in [3.8, 4) is 0 Å². The number of aryl methyl sites for hydroxylation is 1. The van der Waals surface area contributed by atoms with Gasteiger partial charge in [-0.15, -0.1) is 11.3 Å². The molecule has 0 aromatic carbocycles. The van der Waals surface area contributed by atoms with Crippen molar-refractivity contribution in [3.63, 3.8) is 0 Å². The Hall–Kier alpha value is -1.67. The van der Waals surface area contributed by atoms with Gasteiger partial charge in [-0.1, -0.05) is 37.7 Å². The van der Waals surface area contributed by atoms with Gasteiger partial charge in [-0.05, 0) is 30.7 Å². The number of fused-ring (bicyclic) bond motifs is 3. The normalized spacial score (nSPS) is 17.4. The molecule has 0 radical (unpaired) electrons. The van der Waals surface area contributed by atoms with Crippen molar-refractivity contribution in [3.05, 3.63) is 22.2 Å². The van der Waals surface area contributed by atoms with Crippen LogP contribution in [0.4, 0.5) is 5.82 Å². The third-order valence-corrected chi connectivity index (χ3v) is 6.47. The summed E-state index contributed by atoms with van der Waals surface area (Å²) < 4.78 is 5.28. The average Bonchev–Trinajstić information content (AvgIpc) is 3.16. The fourth-order valence-corrected chi connectivity index (χ4v) is 5.24. The second-order valence-electron chi connectivity index (χ2n) is 6.91. The van der Waals surface area contributed by atoms with Crippen LogP contribution in [0.25, 0.3) is 10.2 Å². The molecule has 2 N–H and O–H groups in total. The van der Waals surface area contributed by atoms with E-state index in [1.54, 1.807) is 11.3 Å². The maximum atomic E-state index is 6.26. The molecule has 6 nitrogen and oxygen atoms in total. The summed E-state index contributed by atoms with van der Waals surface area (Å²) in [5, 5.41) is 5.72. The van der Waals surface area contributed by atoms with Crippen LogP contribution in [-0.2, 0) is 18.6 Å². The molecule has 0 fully saturated rings. The van der Waals surface area contributed by atoms with Gasteiger partial charge in [0.05, 0.1) is 11.1 Å². The number of hydrogen-bond acceptors (Lipinski definition) is 8. The second kappa shape index (κ2) is 6.57. The van der Waals surface area contributed by atoms with Gasteiger partial charge in [0.2, 0.25) is 5.89 Å². The third kappa shape index (κ3) is 3.25. The summed E-state index contributed by atoms with van der Waals surface area (Å²) in [6.45, 7) is 6.39. The van der Waals surface area contributed by atoms with Crippen molar-refractivity contribution < 1.29 is 4.52 Å². The molecule has 3 aromatic heterocycles. The second-order valence-corrected chi connectivity index (χ2v) is 8.94. The van der Waals surface area contributed by atoms with E-state index in [1.165, 1.54) is 28.6 Å². The quantitative estimate of drug-likeness (QED) is 0.540. The molecular formula is C17H21N5OS2. The van der Waals surface area contributed by atoms with Crippen molar-refractivity contribution in [2.24, 2.45) is 5.92 Å². The summed E-state index contributed by atoms with van der Waals surface area (Å²) in [5.74, 6) is 3.45. The predicted molar refractivity (Wildman–Crippen MR) is 101 cm³/mol. The van der Waals surface area contributed by atoms with Crippen LogP contribution in [0.2, 0.25) is 0 Å². The summed E-state index contributed by atoms with van der Waals surface area (Å²) in [4.78, 5) is 16.0. The van der Waals surface area contributed by atoms with Crippen LogP contribution in [0.5, 0.6) is 0 Å². The van der Waals surface area contributed by atoms with E-state index in [-0.39, 0.29) is 5.92 Å². The number of nitrogen functional groups attached to an aromatic ring is 1. The van der Waals surface area contributed by atoms with Crippen LogP contribution in [0.1, 0.15) is 55.3 Å². The topological polar surface area (TPSA) is 90.7 Å². The zero-order chi connectivity index (χ0) is 17.6. The van der Waals surface area contributed by atoms with E-state index in [0.717, 1.165) is 34.8 Å². The highest BCUT2D eigenvalue weighted by Gasteiger charge is 2.23. The number of thiophene rings is 1. The van der Waals surface area contributed by atoms with Crippen molar-refractivity contribution >= 4 is 39.1 Å². The van der Waals surface area contributed by atoms with Crippen LogP contribution in [0.15, 0.2) is 9.68 Å². The third-order valence-electron chi connectivity index (χ3n) is 4.49. The lowest BCUT2D eigenvalue weighted by Gasteiger charge is -2.17. The molecule has 1 aliphatic rings. The SMILES string of the molecule is CC1CCc2c(sc3nc(SCc4nc(C(C)C)no4)nc(N)c23)C1. The molecule has 4 rings (SSSR count). The monoisotopic (exact) mass is 375 g/mol. The van der Waals surface area contributed by atoms with Gasteiger partial charge in [-0.2, -0.15) is 4.98 Å². The van der Waals surface area contributed by atoms with E-state index in [0.29, 0.717) is 22.6 Å². The van der Waals surface area contributed by atoms with Gasteiger partial charge in [0, 0.05) is 10.8 Å². The van der Waals surface area contributed by atoms with Crippen LogP contribution in [-0.4, -0.2) is 20.1 Å². The largest absolute Gasteiger partial charge is 0.383 e. The zero-order valence-electron chi connectivity index (χ0n) is 14.6. The summed E-state index contributed by atoms with van der Waals surface area (Å²) in [7, 11) is 0. The molecule has 0 amide bonds. The minimum Gasteiger partial charge on any atom is -0.383 e. The number of rotatable bonds is 4. The number of nitrogens with two attached hydrogens (primary N) is 1. The molecule has 0 aliphatic heterocycles. The summed E-state index contributed by atoms with van der Waals surface area (Å²) in [6, 6.07) is 0. The van der Waals surface area contributed by atoms with Crippen LogP contribution >= 0.6 is 23.1 Å². The van der Waals surface area contributed by atoms with Gasteiger partial charge in [0.15, 0.2) is 11.0 Å². The van der Waals surface area contributed by atoms with Crippen LogP contribution < -0.4 is 5.73 Å². The Morgan fingerprint density at radius 2 is 2.16 bits per heavy atom. The van der Waals surface area contributed by atoms with Gasteiger partial charge in [-0.3, -0.25) is 0 Å². The first kappa shape index (κ1) is 16.8. The van der Waals surface area contributed by atoms with E-state index in [4.69, 9.17) is 15.2 Å². The lowest BCUT2D eigenvalue weighted by molar-refractivity contribution is 0.383. The van der Waals surface area contributed by atoms with E-state index in [9.17, 15) is 0 Å². The van der Waals surface area contributed by atoms with Crippen LogP contribution in [0, 0.1) is 5.92 Å². The van der Waals surface area contributed by atoms with Crippen molar-refractivity contribution in [2.45, 2.75) is 56.9 Å². The minimum absolute atomic E-state index is 0.255. The fourth-order valence-electron chi connectivity index (χ4n) is 3.10. The lowest BCUT2D eigenvalue weighted by Crippen LogP contribution is -2.09. The van der Waals surface area contributed by atoms with Crippen molar-refractivity contribution in [1.29, 1.82) is 0 Å². The molecule has 8 heteroatoms. The van der Waals surface area contributed by atoms with Gasteiger partial charge in [-0.25, -0.2) is 9.97 Å². The highest BCUT2D eigenvalue weighted by atomic mass is 32.2. The standard InChI is InChI=1S/C17H21N5OS2/c1-8(2)15-19-12(23-22-15)7-24-17-20-14(18)13-10-5-4-9(3)6-11(10)25-16(13)21-17/h8-9H,4-7H2,1-3H3,(H2,18,20,21). The van der Waals surface area contributed by atoms with E-state index >= 15 is 0 Å². The average molecular weight is 376 g/mol. The first-order chi connectivity index (χ1) is 12.0. The first-order valence-electron chi connectivity index (χ1n) is 8.54. The maximum Gasteiger partial charge on any atom is 0.237 e. The highest BCUT2D eigenvalue weighted by molar-refractivity contribution is 7.98. The number of nitrogens with zero attached hydrogens (tertiary/aromatic N) is 4. The highest BCUT2D eigenvalue weighted by Crippen LogP contribution is 2.40. The Balaban J connectivity index is 1.58. The summed E-state index contributed by atoms with van der Waals surface area (Å²) >= 11 is 3.25. The summed E-state index contributed by atoms with van der Waals surface area (Å²) in [6.07, 6.45) is 3.42. The molecule has 132 valence electrons. The Labute approximate surface area is 154 Å². The lowest BCUT2D eigenvalue weighted by atomic mass is 9.89. The smallest absolute Gasteiger partial charge is 0.237 e. The molecule has 1 atom stereocenters. The van der Waals surface area contributed by atoms with Gasteiger partial charge >= 0.3 is 0 Å². The van der Waals surface area contributed by atoms with Gasteiger partial charge < -0.3 is 10.3 Å². The Kier molecular flexibility index (Phi) is 4.41. The van der Waals surface area contributed by atoms with E-state index < -0.39 is 0 Å². The Morgan fingerprint density at radius 1 is 1.32 bits per heavy atom. The first-order valence-corrected chi connectivity index (χ1v) is 10.3. The van der Waals surface area contributed by atoms with Crippen molar-refractivity contribution in [1.82, 2.24) is 20.1 Å². The van der Waals surface area contributed by atoms with E-state index in [1.807, 2.05) is 13.8 Å². The van der Waals surface area contributed by atoms with E-state index in [2.05, 4.69) is 22.0 Å². The molecule has 0 saturated carbocycles. The number of hydrogen-bond donors (Lipinski definition) is 1. The summed E-state index contributed by atoms with van der Waals surface area (Å²) in [5.41, 5.74) is 7.63. The number of thioether (sulfide) groups is 1.